The minimum Gasteiger partial charge on any atom is -0.378 e. The molecule has 6 heteroatoms. The van der Waals surface area contributed by atoms with Crippen LogP contribution >= 0.6 is 0 Å². The maximum absolute atomic E-state index is 11.7. The van der Waals surface area contributed by atoms with Crippen molar-refractivity contribution in [3.8, 4) is 0 Å². The molecule has 1 aromatic rings. The molecule has 1 saturated carbocycles. The summed E-state index contributed by atoms with van der Waals surface area (Å²) in [4.78, 5) is 18.4. The first-order valence-electron chi connectivity index (χ1n) is 8.06. The summed E-state index contributed by atoms with van der Waals surface area (Å²) in [6.45, 7) is 5.17. The average Bonchev–Trinajstić information content (AvgIpc) is 3.39. The van der Waals surface area contributed by atoms with E-state index >= 15 is 0 Å². The predicted molar refractivity (Wildman–Crippen MR) is 84.7 cm³/mol. The molecule has 0 atom stereocenters. The van der Waals surface area contributed by atoms with Gasteiger partial charge in [-0.1, -0.05) is 6.07 Å². The molecular weight excluding hydrogens is 280 g/mol. The standard InChI is InChI=1S/C16H24N4O2/c21-16(12-17-9-13-1-2-13)19-11-14-3-4-15(18-10-14)20-5-7-22-8-6-20/h3-4,10,13,17H,1-2,5-9,11-12H2,(H,19,21). The van der Waals surface area contributed by atoms with Crippen LogP contribution in [0.25, 0.3) is 0 Å². The Morgan fingerprint density at radius 1 is 1.32 bits per heavy atom. The highest BCUT2D eigenvalue weighted by atomic mass is 16.5. The Morgan fingerprint density at radius 2 is 2.14 bits per heavy atom. The third kappa shape index (κ3) is 4.68. The van der Waals surface area contributed by atoms with Crippen LogP contribution in [0.5, 0.6) is 0 Å². The summed E-state index contributed by atoms with van der Waals surface area (Å²) in [6.07, 6.45) is 4.44. The summed E-state index contributed by atoms with van der Waals surface area (Å²) in [6, 6.07) is 4.04. The second kappa shape index (κ2) is 7.56. The van der Waals surface area contributed by atoms with Crippen molar-refractivity contribution < 1.29 is 9.53 Å². The van der Waals surface area contributed by atoms with E-state index in [1.165, 1.54) is 12.8 Å². The van der Waals surface area contributed by atoms with E-state index in [1.54, 1.807) is 0 Å². The number of hydrogen-bond acceptors (Lipinski definition) is 5. The Labute approximate surface area is 131 Å². The minimum absolute atomic E-state index is 0.0397. The third-order valence-electron chi connectivity index (χ3n) is 4.05. The molecular formula is C16H24N4O2. The van der Waals surface area contributed by atoms with Gasteiger partial charge in [0.1, 0.15) is 5.82 Å². The van der Waals surface area contributed by atoms with Crippen LogP contribution < -0.4 is 15.5 Å². The topological polar surface area (TPSA) is 66.5 Å². The van der Waals surface area contributed by atoms with E-state index in [4.69, 9.17) is 4.74 Å². The number of anilines is 1. The number of ether oxygens (including phenoxy) is 1. The number of carbonyl (C=O) groups is 1. The summed E-state index contributed by atoms with van der Waals surface area (Å²) in [5, 5.41) is 6.11. The van der Waals surface area contributed by atoms with Gasteiger partial charge in [0.25, 0.3) is 0 Å². The van der Waals surface area contributed by atoms with Gasteiger partial charge in [-0.15, -0.1) is 0 Å². The summed E-state index contributed by atoms with van der Waals surface area (Å²) in [5.41, 5.74) is 1.02. The molecule has 120 valence electrons. The number of aromatic nitrogens is 1. The van der Waals surface area contributed by atoms with Crippen molar-refractivity contribution in [2.75, 3.05) is 44.3 Å². The summed E-state index contributed by atoms with van der Waals surface area (Å²) >= 11 is 0. The van der Waals surface area contributed by atoms with Crippen LogP contribution in [0.4, 0.5) is 5.82 Å². The number of morpholine rings is 1. The van der Waals surface area contributed by atoms with E-state index in [0.29, 0.717) is 13.1 Å². The van der Waals surface area contributed by atoms with E-state index in [2.05, 4.69) is 20.5 Å². The van der Waals surface area contributed by atoms with E-state index in [9.17, 15) is 4.79 Å². The Kier molecular flexibility index (Phi) is 5.24. The molecule has 1 amide bonds. The zero-order chi connectivity index (χ0) is 15.2. The monoisotopic (exact) mass is 304 g/mol. The van der Waals surface area contributed by atoms with Crippen molar-refractivity contribution in [2.45, 2.75) is 19.4 Å². The SMILES string of the molecule is O=C(CNCC1CC1)NCc1ccc(N2CCOCC2)nc1. The fraction of sp³-hybridized carbons (Fsp3) is 0.625. The highest BCUT2D eigenvalue weighted by molar-refractivity contribution is 5.77. The van der Waals surface area contributed by atoms with Crippen LogP contribution in [0, 0.1) is 5.92 Å². The summed E-state index contributed by atoms with van der Waals surface area (Å²) in [5.74, 6) is 1.81. The molecule has 6 nitrogen and oxygen atoms in total. The van der Waals surface area contributed by atoms with Crippen molar-refractivity contribution in [2.24, 2.45) is 5.92 Å². The van der Waals surface area contributed by atoms with Crippen LogP contribution in [0.1, 0.15) is 18.4 Å². The fourth-order valence-electron chi connectivity index (χ4n) is 2.48. The zero-order valence-electron chi connectivity index (χ0n) is 12.9. The Morgan fingerprint density at radius 3 is 2.82 bits per heavy atom. The molecule has 1 aliphatic carbocycles. The first-order chi connectivity index (χ1) is 10.8. The number of nitrogens with one attached hydrogen (secondary N) is 2. The summed E-state index contributed by atoms with van der Waals surface area (Å²) in [7, 11) is 0. The molecule has 2 aliphatic rings. The normalized spacial score (nSPS) is 18.3. The number of pyridine rings is 1. The van der Waals surface area contributed by atoms with Gasteiger partial charge < -0.3 is 20.3 Å². The molecule has 1 saturated heterocycles. The molecule has 2 N–H and O–H groups in total. The van der Waals surface area contributed by atoms with Gasteiger partial charge in [0, 0.05) is 25.8 Å². The van der Waals surface area contributed by atoms with Crippen LogP contribution in [0.3, 0.4) is 0 Å². The second-order valence-corrected chi connectivity index (χ2v) is 5.98. The van der Waals surface area contributed by atoms with Crippen LogP contribution in [-0.2, 0) is 16.1 Å². The minimum atomic E-state index is 0.0397. The molecule has 2 fully saturated rings. The molecule has 0 bridgehead atoms. The first-order valence-corrected chi connectivity index (χ1v) is 8.06. The van der Waals surface area contributed by atoms with Crippen molar-refractivity contribution in [1.29, 1.82) is 0 Å². The first kappa shape index (κ1) is 15.2. The van der Waals surface area contributed by atoms with Crippen molar-refractivity contribution >= 4 is 11.7 Å². The number of carbonyl (C=O) groups excluding carboxylic acids is 1. The lowest BCUT2D eigenvalue weighted by Gasteiger charge is -2.27. The molecule has 1 aromatic heterocycles. The smallest absolute Gasteiger partial charge is 0.234 e. The number of rotatable bonds is 7. The molecule has 1 aliphatic heterocycles. The molecule has 0 unspecified atom stereocenters. The Hall–Kier alpha value is -1.66. The van der Waals surface area contributed by atoms with Crippen molar-refractivity contribution in [1.82, 2.24) is 15.6 Å². The number of amides is 1. The zero-order valence-corrected chi connectivity index (χ0v) is 12.9. The predicted octanol–water partition coefficient (Wildman–Crippen LogP) is 0.534. The van der Waals surface area contributed by atoms with E-state index < -0.39 is 0 Å². The van der Waals surface area contributed by atoms with Gasteiger partial charge in [-0.2, -0.15) is 0 Å². The van der Waals surface area contributed by atoms with Crippen molar-refractivity contribution in [3.63, 3.8) is 0 Å². The summed E-state index contributed by atoms with van der Waals surface area (Å²) < 4.78 is 5.34. The number of nitrogens with zero attached hydrogens (tertiary/aromatic N) is 2. The molecule has 0 spiro atoms. The van der Waals surface area contributed by atoms with Gasteiger partial charge in [0.2, 0.25) is 5.91 Å². The highest BCUT2D eigenvalue weighted by Crippen LogP contribution is 2.27. The van der Waals surface area contributed by atoms with Gasteiger partial charge in [-0.25, -0.2) is 4.98 Å². The van der Waals surface area contributed by atoms with Gasteiger partial charge in [0.05, 0.1) is 19.8 Å². The van der Waals surface area contributed by atoms with Gasteiger partial charge in [0.15, 0.2) is 0 Å². The highest BCUT2D eigenvalue weighted by Gasteiger charge is 2.20. The van der Waals surface area contributed by atoms with Crippen LogP contribution in [-0.4, -0.2) is 50.3 Å². The Bertz CT molecular complexity index is 481. The maximum Gasteiger partial charge on any atom is 0.234 e. The van der Waals surface area contributed by atoms with E-state index in [0.717, 1.165) is 50.1 Å². The van der Waals surface area contributed by atoms with Crippen LogP contribution in [0.2, 0.25) is 0 Å². The van der Waals surface area contributed by atoms with Gasteiger partial charge in [-0.05, 0) is 36.9 Å². The molecule has 0 radical (unpaired) electrons. The second-order valence-electron chi connectivity index (χ2n) is 5.98. The fourth-order valence-corrected chi connectivity index (χ4v) is 2.48. The lowest BCUT2D eigenvalue weighted by Crippen LogP contribution is -2.36. The Balaban J connectivity index is 1.39. The quantitative estimate of drug-likeness (QED) is 0.769. The van der Waals surface area contributed by atoms with Gasteiger partial charge in [-0.3, -0.25) is 4.79 Å². The third-order valence-corrected chi connectivity index (χ3v) is 4.05. The molecule has 2 heterocycles. The molecule has 0 aromatic carbocycles. The molecule has 22 heavy (non-hydrogen) atoms. The average molecular weight is 304 g/mol. The van der Waals surface area contributed by atoms with E-state index in [1.807, 2.05) is 18.3 Å². The largest absolute Gasteiger partial charge is 0.378 e. The van der Waals surface area contributed by atoms with Crippen LogP contribution in [0.15, 0.2) is 18.3 Å². The lowest BCUT2D eigenvalue weighted by atomic mass is 10.2. The number of hydrogen-bond donors (Lipinski definition) is 2. The van der Waals surface area contributed by atoms with E-state index in [-0.39, 0.29) is 5.91 Å². The maximum atomic E-state index is 11.7. The van der Waals surface area contributed by atoms with Gasteiger partial charge >= 0.3 is 0 Å². The molecule has 3 rings (SSSR count). The lowest BCUT2D eigenvalue weighted by molar-refractivity contribution is -0.120. The van der Waals surface area contributed by atoms with Crippen molar-refractivity contribution in [3.05, 3.63) is 23.9 Å².